The molecule has 0 spiro atoms. The van der Waals surface area contributed by atoms with Crippen molar-refractivity contribution in [2.24, 2.45) is 0 Å². The molecule has 0 saturated carbocycles. The molecule has 0 amide bonds. The van der Waals surface area contributed by atoms with Gasteiger partial charge >= 0.3 is 0 Å². The number of piperazine rings is 1. The summed E-state index contributed by atoms with van der Waals surface area (Å²) in [4.78, 5) is 57.4. The summed E-state index contributed by atoms with van der Waals surface area (Å²) in [5.41, 5.74) is 4.92. The average molecular weight is 641 g/mol. The van der Waals surface area contributed by atoms with Crippen LogP contribution in [0, 0.1) is 0 Å². The Morgan fingerprint density at radius 2 is 1.11 bits per heavy atom. The lowest BCUT2D eigenvalue weighted by atomic mass is 10.1. The van der Waals surface area contributed by atoms with E-state index in [1.807, 2.05) is 24.4 Å². The van der Waals surface area contributed by atoms with E-state index in [0.29, 0.717) is 11.3 Å². The molecule has 0 aromatic carbocycles. The van der Waals surface area contributed by atoms with Gasteiger partial charge < -0.3 is 29.7 Å². The first kappa shape index (κ1) is 30.5. The van der Waals surface area contributed by atoms with Crippen LogP contribution in [0.25, 0.3) is 33.5 Å². The summed E-state index contributed by atoms with van der Waals surface area (Å²) >= 11 is 0. The Hall–Kier alpha value is -5.51. The highest BCUT2D eigenvalue weighted by Gasteiger charge is 2.21. The number of nitrogens with zero attached hydrogens (tertiary/aromatic N) is 13. The van der Waals surface area contributed by atoms with Crippen molar-refractivity contribution in [1.82, 2.24) is 64.8 Å². The first-order chi connectivity index (χ1) is 22.3. The monoisotopic (exact) mass is 640 g/mol. The fraction of sp³-hybridized carbons (Fsp3) is 0.310. The summed E-state index contributed by atoms with van der Waals surface area (Å²) in [5.74, 6) is 2.96. The number of rotatable bonds is 3. The van der Waals surface area contributed by atoms with Gasteiger partial charge in [-0.25, -0.2) is 49.8 Å². The molecule has 3 N–H and O–H groups in total. The first-order valence-electron chi connectivity index (χ1n) is 14.9. The molecule has 236 valence electrons. The lowest BCUT2D eigenvalue weighted by Gasteiger charge is -2.36. The molecule has 2 aliphatic rings. The van der Waals surface area contributed by atoms with Crippen molar-refractivity contribution in [3.63, 3.8) is 0 Å². The highest BCUT2D eigenvalue weighted by atomic mass is 35.5. The summed E-state index contributed by atoms with van der Waals surface area (Å²) in [7, 11) is 0. The minimum absolute atomic E-state index is 0. The van der Waals surface area contributed by atoms with Crippen molar-refractivity contribution in [1.29, 1.82) is 0 Å². The average Bonchev–Trinajstić information content (AvgIpc) is 3.91. The smallest absolute Gasteiger partial charge is 0.182 e. The molecule has 2 aliphatic heterocycles. The second-order valence-corrected chi connectivity index (χ2v) is 10.5. The van der Waals surface area contributed by atoms with Gasteiger partial charge in [-0.15, -0.1) is 12.4 Å². The zero-order valence-corrected chi connectivity index (χ0v) is 25.8. The summed E-state index contributed by atoms with van der Waals surface area (Å²) < 4.78 is 0. The van der Waals surface area contributed by atoms with Gasteiger partial charge in [-0.05, 0) is 31.4 Å². The van der Waals surface area contributed by atoms with Crippen LogP contribution in [0.5, 0.6) is 0 Å². The molecule has 16 nitrogen and oxygen atoms in total. The van der Waals surface area contributed by atoms with Crippen LogP contribution in [0.4, 0.5) is 17.5 Å². The number of nitrogens with one attached hydrogen (secondary N) is 3. The van der Waals surface area contributed by atoms with Crippen molar-refractivity contribution in [2.75, 3.05) is 54.0 Å². The van der Waals surface area contributed by atoms with Crippen molar-refractivity contribution in [2.45, 2.75) is 19.3 Å². The third kappa shape index (κ3) is 6.76. The molecule has 2 fully saturated rings. The van der Waals surface area contributed by atoms with Crippen molar-refractivity contribution in [3.8, 4) is 0 Å². The Bertz CT molecular complexity index is 1910. The van der Waals surface area contributed by atoms with E-state index in [4.69, 9.17) is 0 Å². The molecule has 0 radical (unpaired) electrons. The predicted octanol–water partition coefficient (Wildman–Crippen LogP) is 3.19. The number of piperidine rings is 1. The number of aromatic nitrogens is 13. The van der Waals surface area contributed by atoms with Gasteiger partial charge in [0.1, 0.15) is 41.3 Å². The number of anilines is 3. The van der Waals surface area contributed by atoms with Crippen LogP contribution >= 0.6 is 12.4 Å². The standard InChI is InChI=1S/C14H15N7.C10H13N5.C5H4N4.ClH/c1-2-4-15-11(3-1)20-5-7-21(8-6-20)14-12-13(17-9-16-12)18-10-19-14;1-2-4-15(5-3-1)10-8-9(12-6-11-8)13-7-14-10;1-4-5(8-2-6-1)9-3-7-4;/h1-4,9-10H,5-8H2,(H,16,17,18,19);6-7H,1-5H2,(H,11,12,13,14);1-3H,(H,6,7,8,9);1H. The van der Waals surface area contributed by atoms with Crippen LogP contribution in [0.1, 0.15) is 19.3 Å². The second kappa shape index (κ2) is 14.5. The normalized spacial score (nSPS) is 14.7. The molecule has 17 heteroatoms. The maximum absolute atomic E-state index is 4.41. The van der Waals surface area contributed by atoms with E-state index in [1.165, 1.54) is 25.6 Å². The number of fused-ring (bicyclic) bond motifs is 3. The number of imidazole rings is 3. The Kier molecular flexibility index (Phi) is 9.63. The summed E-state index contributed by atoms with van der Waals surface area (Å²) in [5, 5.41) is 0. The van der Waals surface area contributed by atoms with Crippen molar-refractivity contribution >= 4 is 63.4 Å². The van der Waals surface area contributed by atoms with E-state index in [2.05, 4.69) is 79.5 Å². The Labute approximate surface area is 269 Å². The Morgan fingerprint density at radius 1 is 0.522 bits per heavy atom. The molecule has 0 bridgehead atoms. The summed E-state index contributed by atoms with van der Waals surface area (Å²) in [6, 6.07) is 6.01. The lowest BCUT2D eigenvalue weighted by molar-refractivity contribution is 0.574. The third-order valence-electron chi connectivity index (χ3n) is 7.71. The highest BCUT2D eigenvalue weighted by molar-refractivity contribution is 5.85. The van der Waals surface area contributed by atoms with Gasteiger partial charge in [0.25, 0.3) is 0 Å². The number of hydrogen-bond acceptors (Lipinski definition) is 13. The zero-order chi connectivity index (χ0) is 30.3. The van der Waals surface area contributed by atoms with Gasteiger partial charge in [0.05, 0.1) is 25.2 Å². The Balaban J connectivity index is 0.000000130. The first-order valence-corrected chi connectivity index (χ1v) is 14.9. The van der Waals surface area contributed by atoms with Crippen molar-refractivity contribution in [3.05, 3.63) is 68.6 Å². The minimum atomic E-state index is 0. The molecule has 7 aromatic rings. The molecule has 7 aromatic heterocycles. The maximum atomic E-state index is 4.41. The third-order valence-corrected chi connectivity index (χ3v) is 7.71. The van der Waals surface area contributed by atoms with Crippen LogP contribution in [-0.2, 0) is 0 Å². The number of halogens is 1. The summed E-state index contributed by atoms with van der Waals surface area (Å²) in [6.45, 7) is 5.84. The second-order valence-electron chi connectivity index (χ2n) is 10.5. The minimum Gasteiger partial charge on any atom is -0.355 e. The van der Waals surface area contributed by atoms with Gasteiger partial charge in [-0.2, -0.15) is 0 Å². The lowest BCUT2D eigenvalue weighted by Crippen LogP contribution is -2.47. The molecule has 0 atom stereocenters. The fourth-order valence-electron chi connectivity index (χ4n) is 5.47. The van der Waals surface area contributed by atoms with Gasteiger partial charge in [0.2, 0.25) is 0 Å². The quantitative estimate of drug-likeness (QED) is 0.256. The molecule has 9 rings (SSSR count). The zero-order valence-electron chi connectivity index (χ0n) is 24.9. The van der Waals surface area contributed by atoms with Crippen molar-refractivity contribution < 1.29 is 0 Å². The molecule has 0 unspecified atom stereocenters. The van der Waals surface area contributed by atoms with Crippen LogP contribution < -0.4 is 14.7 Å². The molecule has 0 aliphatic carbocycles. The number of H-pyrrole nitrogens is 3. The largest absolute Gasteiger partial charge is 0.355 e. The maximum Gasteiger partial charge on any atom is 0.182 e. The highest BCUT2D eigenvalue weighted by Crippen LogP contribution is 2.23. The van der Waals surface area contributed by atoms with Crippen LogP contribution in [0.3, 0.4) is 0 Å². The van der Waals surface area contributed by atoms with E-state index >= 15 is 0 Å². The SMILES string of the molecule is Cl.c1ccc(N2CCN(c3ncnc4nc[nH]c34)CC2)nc1.c1nc(N2CCCCC2)c2[nH]cnc2n1.c1ncc2[nH]cnc2n1. The molecule has 46 heavy (non-hydrogen) atoms. The van der Waals surface area contributed by atoms with E-state index in [-0.39, 0.29) is 12.4 Å². The molecule has 9 heterocycles. The number of pyridine rings is 1. The Morgan fingerprint density at radius 3 is 1.74 bits per heavy atom. The fourth-order valence-corrected chi connectivity index (χ4v) is 5.47. The van der Waals surface area contributed by atoms with E-state index in [0.717, 1.165) is 78.9 Å². The van der Waals surface area contributed by atoms with Gasteiger partial charge in [0, 0.05) is 45.5 Å². The van der Waals surface area contributed by atoms with E-state index in [9.17, 15) is 0 Å². The molecular formula is C29H33ClN16. The van der Waals surface area contributed by atoms with E-state index < -0.39 is 0 Å². The van der Waals surface area contributed by atoms with Gasteiger partial charge in [-0.3, -0.25) is 0 Å². The molecular weight excluding hydrogens is 608 g/mol. The number of hydrogen-bond donors (Lipinski definition) is 3. The number of aromatic amines is 3. The van der Waals surface area contributed by atoms with Gasteiger partial charge in [0.15, 0.2) is 28.6 Å². The van der Waals surface area contributed by atoms with Crippen LogP contribution in [0.15, 0.2) is 68.6 Å². The topological polar surface area (TPSA) is 186 Å². The van der Waals surface area contributed by atoms with Crippen LogP contribution in [-0.4, -0.2) is 104 Å². The van der Waals surface area contributed by atoms with E-state index in [1.54, 1.807) is 37.8 Å². The van der Waals surface area contributed by atoms with Gasteiger partial charge in [-0.1, -0.05) is 6.07 Å². The summed E-state index contributed by atoms with van der Waals surface area (Å²) in [6.07, 6.45) is 16.9. The van der Waals surface area contributed by atoms with Crippen LogP contribution in [0.2, 0.25) is 0 Å². The molecule has 2 saturated heterocycles. The predicted molar refractivity (Wildman–Crippen MR) is 177 cm³/mol.